The van der Waals surface area contributed by atoms with Gasteiger partial charge in [-0.3, -0.25) is 0 Å². The molecule has 2 rings (SSSR count). The monoisotopic (exact) mass is 327 g/mol. The number of nitrogens with one attached hydrogen (secondary N) is 1. The van der Waals surface area contributed by atoms with Gasteiger partial charge in [-0.2, -0.15) is 0 Å². The summed E-state index contributed by atoms with van der Waals surface area (Å²) in [6.45, 7) is 2.23. The molecule has 0 aromatic heterocycles. The van der Waals surface area contributed by atoms with Crippen LogP contribution in [0.2, 0.25) is 10.0 Å². The summed E-state index contributed by atoms with van der Waals surface area (Å²) in [5.74, 6) is -1.21. The lowest BCUT2D eigenvalue weighted by molar-refractivity contribution is 0.363. The Balaban J connectivity index is 2.11. The number of benzene rings is 2. The summed E-state index contributed by atoms with van der Waals surface area (Å²) < 4.78 is 0. The van der Waals surface area contributed by atoms with Crippen LogP contribution in [0.1, 0.15) is 24.1 Å². The minimum absolute atomic E-state index is 0.0786. The van der Waals surface area contributed by atoms with Crippen molar-refractivity contribution in [2.24, 2.45) is 0 Å². The maximum absolute atomic E-state index is 9.76. The Kier molecular flexibility index (Phi) is 4.83. The second-order valence-corrected chi connectivity index (χ2v) is 5.55. The third-order valence-corrected chi connectivity index (χ3v) is 3.80. The minimum atomic E-state index is -0.522. The van der Waals surface area contributed by atoms with Crippen molar-refractivity contribution in [1.29, 1.82) is 0 Å². The average Bonchev–Trinajstić information content (AvgIpc) is 2.44. The van der Waals surface area contributed by atoms with Gasteiger partial charge in [0.1, 0.15) is 0 Å². The van der Waals surface area contributed by atoms with E-state index in [9.17, 15) is 15.3 Å². The predicted octanol–water partition coefficient (Wildman–Crippen LogP) is 3.96. The van der Waals surface area contributed by atoms with Gasteiger partial charge in [0.05, 0.1) is 0 Å². The highest BCUT2D eigenvalue weighted by molar-refractivity contribution is 6.35. The molecule has 0 amide bonds. The molecule has 21 heavy (non-hydrogen) atoms. The Morgan fingerprint density at radius 3 is 2.43 bits per heavy atom. The fourth-order valence-electron chi connectivity index (χ4n) is 1.98. The van der Waals surface area contributed by atoms with Gasteiger partial charge in [0.15, 0.2) is 11.5 Å². The predicted molar refractivity (Wildman–Crippen MR) is 83.2 cm³/mol. The summed E-state index contributed by atoms with van der Waals surface area (Å²) in [5.41, 5.74) is 1.35. The standard InChI is InChI=1S/C15H15Cl2NO3/c1-8(11-4-3-10(16)6-12(11)17)18-7-9-2-5-13(19)15(21)14(9)20/h2-6,8,18-21H,7H2,1H3. The molecule has 2 aromatic rings. The Morgan fingerprint density at radius 2 is 1.76 bits per heavy atom. The van der Waals surface area contributed by atoms with Crippen molar-refractivity contribution in [2.75, 3.05) is 0 Å². The van der Waals surface area contributed by atoms with Gasteiger partial charge in [-0.15, -0.1) is 0 Å². The summed E-state index contributed by atoms with van der Waals surface area (Å²) in [7, 11) is 0. The first-order valence-electron chi connectivity index (χ1n) is 6.31. The van der Waals surface area contributed by atoms with Crippen LogP contribution < -0.4 is 5.32 Å². The Bertz CT molecular complexity index is 662. The van der Waals surface area contributed by atoms with Crippen LogP contribution in [0.5, 0.6) is 17.2 Å². The molecule has 1 atom stereocenters. The Morgan fingerprint density at radius 1 is 1.05 bits per heavy atom. The quantitative estimate of drug-likeness (QED) is 0.641. The molecular weight excluding hydrogens is 313 g/mol. The van der Waals surface area contributed by atoms with E-state index < -0.39 is 5.75 Å². The maximum atomic E-state index is 9.76. The third-order valence-electron chi connectivity index (χ3n) is 3.24. The van der Waals surface area contributed by atoms with Crippen LogP contribution in [0.15, 0.2) is 30.3 Å². The molecule has 4 nitrogen and oxygen atoms in total. The van der Waals surface area contributed by atoms with Crippen LogP contribution >= 0.6 is 23.2 Å². The lowest BCUT2D eigenvalue weighted by Crippen LogP contribution is -2.18. The van der Waals surface area contributed by atoms with Crippen LogP contribution in [0.4, 0.5) is 0 Å². The molecule has 0 fully saturated rings. The number of hydrogen-bond donors (Lipinski definition) is 4. The lowest BCUT2D eigenvalue weighted by Gasteiger charge is -2.17. The van der Waals surface area contributed by atoms with Crippen molar-refractivity contribution in [2.45, 2.75) is 19.5 Å². The van der Waals surface area contributed by atoms with Gasteiger partial charge < -0.3 is 20.6 Å². The number of halogens is 2. The number of hydrogen-bond acceptors (Lipinski definition) is 4. The van der Waals surface area contributed by atoms with Crippen molar-refractivity contribution >= 4 is 23.2 Å². The van der Waals surface area contributed by atoms with E-state index in [-0.39, 0.29) is 17.5 Å². The molecule has 0 heterocycles. The van der Waals surface area contributed by atoms with E-state index in [0.717, 1.165) is 5.56 Å². The molecule has 4 N–H and O–H groups in total. The maximum Gasteiger partial charge on any atom is 0.200 e. The highest BCUT2D eigenvalue weighted by Gasteiger charge is 2.13. The van der Waals surface area contributed by atoms with Gasteiger partial charge in [0, 0.05) is 28.2 Å². The number of aromatic hydroxyl groups is 3. The van der Waals surface area contributed by atoms with Gasteiger partial charge in [0.2, 0.25) is 5.75 Å². The molecule has 0 spiro atoms. The summed E-state index contributed by atoms with van der Waals surface area (Å²) >= 11 is 12.0. The van der Waals surface area contributed by atoms with E-state index in [4.69, 9.17) is 23.2 Å². The zero-order valence-corrected chi connectivity index (χ0v) is 12.8. The summed E-state index contributed by atoms with van der Waals surface area (Å²) in [4.78, 5) is 0. The first-order chi connectivity index (χ1) is 9.90. The van der Waals surface area contributed by atoms with Crippen LogP contribution in [-0.2, 0) is 6.54 Å². The molecule has 2 aromatic carbocycles. The third kappa shape index (κ3) is 3.53. The van der Waals surface area contributed by atoms with Crippen molar-refractivity contribution < 1.29 is 15.3 Å². The van der Waals surface area contributed by atoms with E-state index in [0.29, 0.717) is 22.2 Å². The van der Waals surface area contributed by atoms with Crippen LogP contribution in [0.25, 0.3) is 0 Å². The van der Waals surface area contributed by atoms with Gasteiger partial charge in [-0.25, -0.2) is 0 Å². The van der Waals surface area contributed by atoms with E-state index in [1.165, 1.54) is 12.1 Å². The lowest BCUT2D eigenvalue weighted by atomic mass is 10.1. The van der Waals surface area contributed by atoms with E-state index in [1.807, 2.05) is 13.0 Å². The molecule has 0 bridgehead atoms. The van der Waals surface area contributed by atoms with Crippen molar-refractivity contribution in [3.63, 3.8) is 0 Å². The largest absolute Gasteiger partial charge is 0.504 e. The van der Waals surface area contributed by atoms with Crippen LogP contribution in [-0.4, -0.2) is 15.3 Å². The molecule has 0 saturated heterocycles. The topological polar surface area (TPSA) is 72.7 Å². The molecule has 6 heteroatoms. The molecule has 0 aliphatic heterocycles. The van der Waals surface area contributed by atoms with E-state index in [1.54, 1.807) is 12.1 Å². The Labute approximate surface area is 132 Å². The van der Waals surface area contributed by atoms with E-state index in [2.05, 4.69) is 5.32 Å². The van der Waals surface area contributed by atoms with Gasteiger partial charge in [-0.1, -0.05) is 35.3 Å². The normalized spacial score (nSPS) is 12.3. The first kappa shape index (κ1) is 15.8. The molecule has 0 aliphatic rings. The zero-order chi connectivity index (χ0) is 15.6. The van der Waals surface area contributed by atoms with Crippen LogP contribution in [0.3, 0.4) is 0 Å². The van der Waals surface area contributed by atoms with Gasteiger partial charge in [0.25, 0.3) is 0 Å². The minimum Gasteiger partial charge on any atom is -0.504 e. The summed E-state index contributed by atoms with van der Waals surface area (Å²) in [6.07, 6.45) is 0. The molecule has 112 valence electrons. The summed E-state index contributed by atoms with van der Waals surface area (Å²) in [6, 6.07) is 8.03. The van der Waals surface area contributed by atoms with Crippen molar-refractivity contribution in [1.82, 2.24) is 5.32 Å². The van der Waals surface area contributed by atoms with Crippen molar-refractivity contribution in [3.8, 4) is 17.2 Å². The zero-order valence-electron chi connectivity index (χ0n) is 11.3. The second-order valence-electron chi connectivity index (χ2n) is 4.71. The first-order valence-corrected chi connectivity index (χ1v) is 7.07. The smallest absolute Gasteiger partial charge is 0.200 e. The number of phenols is 3. The van der Waals surface area contributed by atoms with Crippen LogP contribution in [0, 0.1) is 0 Å². The molecule has 1 unspecified atom stereocenters. The second kappa shape index (κ2) is 6.43. The highest BCUT2D eigenvalue weighted by atomic mass is 35.5. The number of rotatable bonds is 4. The van der Waals surface area contributed by atoms with Crippen molar-refractivity contribution in [3.05, 3.63) is 51.5 Å². The molecular formula is C15H15Cl2NO3. The van der Waals surface area contributed by atoms with E-state index >= 15 is 0 Å². The molecule has 0 radical (unpaired) electrons. The number of phenolic OH excluding ortho intramolecular Hbond substituents is 3. The Hall–Kier alpha value is -1.62. The summed E-state index contributed by atoms with van der Waals surface area (Å²) in [5, 5.41) is 32.8. The molecule has 0 aliphatic carbocycles. The van der Waals surface area contributed by atoms with Gasteiger partial charge in [-0.05, 0) is 30.7 Å². The SMILES string of the molecule is CC(NCc1ccc(O)c(O)c1O)c1ccc(Cl)cc1Cl. The molecule has 0 saturated carbocycles. The van der Waals surface area contributed by atoms with Gasteiger partial charge >= 0.3 is 0 Å². The highest BCUT2D eigenvalue weighted by Crippen LogP contribution is 2.37. The fourth-order valence-corrected chi connectivity index (χ4v) is 2.55. The fraction of sp³-hybridized carbons (Fsp3) is 0.200. The average molecular weight is 328 g/mol.